The molecule has 0 amide bonds. The first kappa shape index (κ1) is 16.3. The van der Waals surface area contributed by atoms with Crippen molar-refractivity contribution in [1.29, 1.82) is 0 Å². The van der Waals surface area contributed by atoms with E-state index in [0.29, 0.717) is 5.92 Å². The zero-order valence-corrected chi connectivity index (χ0v) is 13.8. The molecule has 0 atom stereocenters. The summed E-state index contributed by atoms with van der Waals surface area (Å²) < 4.78 is 27.5. The van der Waals surface area contributed by atoms with Crippen molar-refractivity contribution in [3.63, 3.8) is 0 Å². The van der Waals surface area contributed by atoms with E-state index in [0.717, 1.165) is 55.6 Å². The molecule has 0 aliphatic carbocycles. The minimum absolute atomic E-state index is 0.217. The summed E-state index contributed by atoms with van der Waals surface area (Å²) in [4.78, 5) is 0. The van der Waals surface area contributed by atoms with Crippen molar-refractivity contribution in [2.75, 3.05) is 23.6 Å². The summed E-state index contributed by atoms with van der Waals surface area (Å²) in [7, 11) is -3.26. The molecule has 118 valence electrons. The first-order valence-corrected chi connectivity index (χ1v) is 9.46. The lowest BCUT2D eigenvalue weighted by atomic mass is 9.96. The van der Waals surface area contributed by atoms with E-state index in [1.807, 2.05) is 32.0 Å². The molecule has 0 spiro atoms. The van der Waals surface area contributed by atoms with Crippen LogP contribution in [0.3, 0.4) is 0 Å². The lowest BCUT2D eigenvalue weighted by Gasteiger charge is -2.22. The highest BCUT2D eigenvalue weighted by Gasteiger charge is 2.19. The minimum atomic E-state index is -3.26. The zero-order chi connectivity index (χ0) is 15.3. The normalized spacial score (nSPS) is 16.9. The van der Waals surface area contributed by atoms with Crippen LogP contribution < -0.4 is 10.0 Å². The summed E-state index contributed by atoms with van der Waals surface area (Å²) in [5.41, 5.74) is 2.81. The molecule has 1 aromatic carbocycles. The number of rotatable bonds is 6. The van der Waals surface area contributed by atoms with Gasteiger partial charge >= 0.3 is 0 Å². The van der Waals surface area contributed by atoms with Crippen LogP contribution in [-0.4, -0.2) is 27.3 Å². The van der Waals surface area contributed by atoms with Crippen LogP contribution in [0.2, 0.25) is 0 Å². The third-order valence-corrected chi connectivity index (χ3v) is 5.54. The molecule has 0 bridgehead atoms. The van der Waals surface area contributed by atoms with E-state index in [-0.39, 0.29) is 5.75 Å². The molecule has 1 heterocycles. The average molecular weight is 310 g/mol. The molecule has 4 nitrogen and oxygen atoms in total. The predicted molar refractivity (Wildman–Crippen MR) is 88.2 cm³/mol. The monoisotopic (exact) mass is 310 g/mol. The van der Waals surface area contributed by atoms with Crippen LogP contribution in [0.25, 0.3) is 0 Å². The Bertz CT molecular complexity index is 564. The van der Waals surface area contributed by atoms with Gasteiger partial charge in [0, 0.05) is 0 Å². The van der Waals surface area contributed by atoms with Crippen molar-refractivity contribution in [1.82, 2.24) is 5.32 Å². The van der Waals surface area contributed by atoms with Crippen molar-refractivity contribution in [2.45, 2.75) is 39.5 Å². The van der Waals surface area contributed by atoms with Gasteiger partial charge in [-0.15, -0.1) is 0 Å². The van der Waals surface area contributed by atoms with E-state index in [1.165, 1.54) is 0 Å². The molecule has 1 aromatic rings. The Morgan fingerprint density at radius 1 is 1.29 bits per heavy atom. The molecule has 0 radical (unpaired) electrons. The molecule has 0 aromatic heterocycles. The quantitative estimate of drug-likeness (QED) is 0.849. The molecule has 1 aliphatic heterocycles. The first-order chi connectivity index (χ1) is 10.0. The summed E-state index contributed by atoms with van der Waals surface area (Å²) in [5, 5.41) is 3.31. The van der Waals surface area contributed by atoms with Gasteiger partial charge in [-0.1, -0.05) is 25.1 Å². The highest BCUT2D eigenvalue weighted by molar-refractivity contribution is 7.92. The van der Waals surface area contributed by atoms with Gasteiger partial charge in [-0.3, -0.25) is 4.72 Å². The number of hydrogen-bond donors (Lipinski definition) is 2. The third kappa shape index (κ3) is 4.71. The Morgan fingerprint density at radius 2 is 2.00 bits per heavy atom. The van der Waals surface area contributed by atoms with Crippen LogP contribution in [0.5, 0.6) is 0 Å². The summed E-state index contributed by atoms with van der Waals surface area (Å²) in [6.45, 7) is 6.01. The number of sulfonamides is 1. The maximum atomic E-state index is 12.3. The highest BCUT2D eigenvalue weighted by atomic mass is 32.2. The van der Waals surface area contributed by atoms with Crippen LogP contribution in [0, 0.1) is 12.8 Å². The fraction of sp³-hybridized carbons (Fsp3) is 0.625. The SMILES string of the molecule is CCc1cccc(C)c1NS(=O)(=O)CCC1CCNCC1. The van der Waals surface area contributed by atoms with Crippen molar-refractivity contribution in [3.8, 4) is 0 Å². The molecule has 0 saturated carbocycles. The van der Waals surface area contributed by atoms with Crippen molar-refractivity contribution in [2.24, 2.45) is 5.92 Å². The number of piperidine rings is 1. The van der Waals surface area contributed by atoms with Crippen LogP contribution >= 0.6 is 0 Å². The number of para-hydroxylation sites is 1. The Kier molecular flexibility index (Phi) is 5.65. The van der Waals surface area contributed by atoms with Gasteiger partial charge in [0.15, 0.2) is 0 Å². The molecule has 21 heavy (non-hydrogen) atoms. The number of hydrogen-bond acceptors (Lipinski definition) is 3. The van der Waals surface area contributed by atoms with Crippen molar-refractivity contribution in [3.05, 3.63) is 29.3 Å². The zero-order valence-electron chi connectivity index (χ0n) is 13.0. The van der Waals surface area contributed by atoms with Crippen LogP contribution in [-0.2, 0) is 16.4 Å². The Hall–Kier alpha value is -1.07. The lowest BCUT2D eigenvalue weighted by molar-refractivity contribution is 0.365. The smallest absolute Gasteiger partial charge is 0.232 e. The van der Waals surface area contributed by atoms with Crippen molar-refractivity contribution < 1.29 is 8.42 Å². The van der Waals surface area contributed by atoms with Gasteiger partial charge < -0.3 is 5.32 Å². The Morgan fingerprint density at radius 3 is 2.67 bits per heavy atom. The van der Waals surface area contributed by atoms with Gasteiger partial charge in [-0.25, -0.2) is 8.42 Å². The standard InChI is InChI=1S/C16H26N2O2S/c1-3-15-6-4-5-13(2)16(15)18-21(19,20)12-9-14-7-10-17-11-8-14/h4-6,14,17-18H,3,7-12H2,1-2H3. The summed E-state index contributed by atoms with van der Waals surface area (Å²) in [6.07, 6.45) is 3.75. The van der Waals surface area contributed by atoms with E-state index in [1.54, 1.807) is 0 Å². The maximum Gasteiger partial charge on any atom is 0.232 e. The summed E-state index contributed by atoms with van der Waals surface area (Å²) in [5.74, 6) is 0.750. The van der Waals surface area contributed by atoms with Crippen LogP contribution in [0.15, 0.2) is 18.2 Å². The predicted octanol–water partition coefficient (Wildman–Crippen LogP) is 2.69. The highest BCUT2D eigenvalue weighted by Crippen LogP contribution is 2.23. The van der Waals surface area contributed by atoms with Gasteiger partial charge in [-0.2, -0.15) is 0 Å². The van der Waals surface area contributed by atoms with Crippen LogP contribution in [0.1, 0.15) is 37.3 Å². The second-order valence-corrected chi connectivity index (χ2v) is 7.71. The Labute approximate surface area is 128 Å². The molecule has 1 fully saturated rings. The molecule has 0 unspecified atom stereocenters. The molecule has 1 aliphatic rings. The Balaban J connectivity index is 2.00. The first-order valence-electron chi connectivity index (χ1n) is 7.81. The number of anilines is 1. The largest absolute Gasteiger partial charge is 0.317 e. The van der Waals surface area contributed by atoms with E-state index in [2.05, 4.69) is 10.0 Å². The van der Waals surface area contributed by atoms with Crippen molar-refractivity contribution >= 4 is 15.7 Å². The summed E-state index contributed by atoms with van der Waals surface area (Å²) >= 11 is 0. The van der Waals surface area contributed by atoms with Gasteiger partial charge in [-0.05, 0) is 62.7 Å². The molecule has 1 saturated heterocycles. The second-order valence-electron chi connectivity index (χ2n) is 5.87. The number of aryl methyl sites for hydroxylation is 2. The lowest BCUT2D eigenvalue weighted by Crippen LogP contribution is -2.29. The topological polar surface area (TPSA) is 58.2 Å². The van der Waals surface area contributed by atoms with E-state index >= 15 is 0 Å². The molecular formula is C16H26N2O2S. The van der Waals surface area contributed by atoms with E-state index in [4.69, 9.17) is 0 Å². The molecule has 5 heteroatoms. The molecular weight excluding hydrogens is 284 g/mol. The fourth-order valence-corrected chi connectivity index (χ4v) is 4.22. The average Bonchev–Trinajstić information content (AvgIpc) is 2.48. The maximum absolute atomic E-state index is 12.3. The third-order valence-electron chi connectivity index (χ3n) is 4.25. The minimum Gasteiger partial charge on any atom is -0.317 e. The van der Waals surface area contributed by atoms with Gasteiger partial charge in [0.25, 0.3) is 0 Å². The number of nitrogens with one attached hydrogen (secondary N) is 2. The molecule has 2 N–H and O–H groups in total. The van der Waals surface area contributed by atoms with Crippen LogP contribution in [0.4, 0.5) is 5.69 Å². The van der Waals surface area contributed by atoms with Gasteiger partial charge in [0.1, 0.15) is 0 Å². The number of benzene rings is 1. The summed E-state index contributed by atoms with van der Waals surface area (Å²) in [6, 6.07) is 5.91. The van der Waals surface area contributed by atoms with Gasteiger partial charge in [0.2, 0.25) is 10.0 Å². The second kappa shape index (κ2) is 7.27. The molecule has 2 rings (SSSR count). The van der Waals surface area contributed by atoms with E-state index < -0.39 is 10.0 Å². The fourth-order valence-electron chi connectivity index (χ4n) is 2.87. The van der Waals surface area contributed by atoms with Gasteiger partial charge in [0.05, 0.1) is 11.4 Å². The van der Waals surface area contributed by atoms with E-state index in [9.17, 15) is 8.42 Å².